The first-order chi connectivity index (χ1) is 9.90. The Morgan fingerprint density at radius 2 is 2.24 bits per heavy atom. The van der Waals surface area contributed by atoms with Crippen molar-refractivity contribution in [1.29, 1.82) is 0 Å². The van der Waals surface area contributed by atoms with Crippen molar-refractivity contribution in [2.45, 2.75) is 19.0 Å². The lowest BCUT2D eigenvalue weighted by molar-refractivity contribution is -0.384. The highest BCUT2D eigenvalue weighted by Gasteiger charge is 2.51. The number of nitro groups is 1. The quantitative estimate of drug-likeness (QED) is 0.485. The van der Waals surface area contributed by atoms with Crippen LogP contribution in [0.1, 0.15) is 12.5 Å². The number of alkyl halides is 2. The van der Waals surface area contributed by atoms with E-state index in [1.807, 2.05) is 0 Å². The third-order valence-corrected chi connectivity index (χ3v) is 2.91. The molecule has 1 unspecified atom stereocenters. The van der Waals surface area contributed by atoms with Crippen molar-refractivity contribution in [3.05, 3.63) is 40.0 Å². The van der Waals surface area contributed by atoms with Crippen molar-refractivity contribution in [2.75, 3.05) is 6.61 Å². The molecule has 1 atom stereocenters. The van der Waals surface area contributed by atoms with E-state index in [4.69, 9.17) is 4.74 Å². The average molecular weight is 299 g/mol. The lowest BCUT2D eigenvalue weighted by Crippen LogP contribution is -2.51. The number of carbonyl (C=O) groups excluding carboxylic acids is 1. The summed E-state index contributed by atoms with van der Waals surface area (Å²) in [5, 5.41) is 10.7. The lowest BCUT2D eigenvalue weighted by atomic mass is 9.98. The van der Waals surface area contributed by atoms with Gasteiger partial charge in [-0.25, -0.2) is 13.6 Å². The molecule has 21 heavy (non-hydrogen) atoms. The van der Waals surface area contributed by atoms with E-state index >= 15 is 0 Å². The maximum atomic E-state index is 13.3. The van der Waals surface area contributed by atoms with Crippen LogP contribution in [0, 0.1) is 10.1 Å². The Bertz CT molecular complexity index is 617. The third-order valence-electron chi connectivity index (χ3n) is 2.91. The molecule has 0 N–H and O–H groups in total. The molecule has 0 radical (unpaired) electrons. The van der Waals surface area contributed by atoms with Crippen molar-refractivity contribution in [3.8, 4) is 5.75 Å². The summed E-state index contributed by atoms with van der Waals surface area (Å²) >= 11 is 0. The van der Waals surface area contributed by atoms with Crippen LogP contribution in [0.5, 0.6) is 5.75 Å². The number of non-ortho nitro benzene ring substituents is 1. The second-order valence-electron chi connectivity index (χ2n) is 4.23. The molecule has 0 saturated heterocycles. The highest BCUT2D eigenvalue weighted by Crippen LogP contribution is 2.37. The molecule has 0 spiro atoms. The fourth-order valence-electron chi connectivity index (χ4n) is 1.86. The molecule has 112 valence electrons. The molecule has 0 aliphatic carbocycles. The number of rotatable bonds is 4. The van der Waals surface area contributed by atoms with E-state index in [9.17, 15) is 23.7 Å². The number of hydrogen-bond acceptors (Lipinski definition) is 5. The summed E-state index contributed by atoms with van der Waals surface area (Å²) in [6.45, 7) is 1.42. The highest BCUT2D eigenvalue weighted by atomic mass is 19.3. The minimum Gasteiger partial charge on any atom is -0.465 e. The molecule has 0 saturated carbocycles. The first-order valence-electron chi connectivity index (χ1n) is 6.02. The number of nitrogens with zero attached hydrogens (tertiary/aromatic N) is 1. The summed E-state index contributed by atoms with van der Waals surface area (Å²) < 4.78 is 36.2. The van der Waals surface area contributed by atoms with Gasteiger partial charge < -0.3 is 9.47 Å². The van der Waals surface area contributed by atoms with E-state index in [0.717, 1.165) is 12.1 Å². The molecule has 0 amide bonds. The van der Waals surface area contributed by atoms with Gasteiger partial charge in [-0.3, -0.25) is 10.1 Å². The minimum absolute atomic E-state index is 0.0450. The summed E-state index contributed by atoms with van der Waals surface area (Å²) in [5.74, 6) is -1.25. The lowest BCUT2D eigenvalue weighted by Gasteiger charge is -2.31. The van der Waals surface area contributed by atoms with Gasteiger partial charge in [0.1, 0.15) is 5.75 Å². The number of carbonyl (C=O) groups is 1. The molecular weight excluding hydrogens is 288 g/mol. The predicted octanol–water partition coefficient (Wildman–Crippen LogP) is 2.57. The zero-order valence-corrected chi connectivity index (χ0v) is 10.9. The Morgan fingerprint density at radius 1 is 1.52 bits per heavy atom. The molecule has 2 rings (SSSR count). The summed E-state index contributed by atoms with van der Waals surface area (Å²) in [4.78, 5) is 21.8. The van der Waals surface area contributed by atoms with E-state index in [-0.39, 0.29) is 23.6 Å². The van der Waals surface area contributed by atoms with E-state index in [1.54, 1.807) is 0 Å². The largest absolute Gasteiger partial charge is 0.465 e. The van der Waals surface area contributed by atoms with Crippen LogP contribution < -0.4 is 4.74 Å². The van der Waals surface area contributed by atoms with Crippen molar-refractivity contribution in [3.63, 3.8) is 0 Å². The minimum atomic E-state index is -3.14. The average Bonchev–Trinajstić information content (AvgIpc) is 2.45. The topological polar surface area (TPSA) is 78.7 Å². The van der Waals surface area contributed by atoms with Gasteiger partial charge >= 0.3 is 5.97 Å². The van der Waals surface area contributed by atoms with Crippen LogP contribution in [0.2, 0.25) is 0 Å². The normalized spacial score (nSPS) is 19.8. The molecular formula is C13H11F2NO5. The van der Waals surface area contributed by atoms with Gasteiger partial charge in [-0.1, -0.05) is 6.08 Å². The summed E-state index contributed by atoms with van der Waals surface area (Å²) in [5.41, 5.74) is -2.49. The van der Waals surface area contributed by atoms with Crippen LogP contribution in [0.15, 0.2) is 24.3 Å². The van der Waals surface area contributed by atoms with E-state index in [1.165, 1.54) is 25.1 Å². The molecule has 0 bridgehead atoms. The molecule has 1 aromatic rings. The molecule has 1 heterocycles. The van der Waals surface area contributed by atoms with Crippen LogP contribution in [-0.2, 0) is 9.53 Å². The standard InChI is InChI=1S/C13H11F2NO5/c1-2-20-12(17)13(11(14)15)6-5-8-7-9(16(18)19)3-4-10(8)21-13/h3-7,11H,2H2,1H3. The van der Waals surface area contributed by atoms with Crippen molar-refractivity contribution < 1.29 is 28.0 Å². The van der Waals surface area contributed by atoms with Crippen LogP contribution in [0.25, 0.3) is 6.08 Å². The van der Waals surface area contributed by atoms with Gasteiger partial charge in [-0.15, -0.1) is 0 Å². The van der Waals surface area contributed by atoms with Crippen molar-refractivity contribution >= 4 is 17.7 Å². The number of hydrogen-bond donors (Lipinski definition) is 0. The maximum Gasteiger partial charge on any atom is 0.360 e. The molecule has 6 nitrogen and oxygen atoms in total. The zero-order valence-electron chi connectivity index (χ0n) is 10.9. The Morgan fingerprint density at radius 3 is 2.81 bits per heavy atom. The SMILES string of the molecule is CCOC(=O)C1(C(F)F)C=Cc2cc([N+](=O)[O-])ccc2O1. The first-order valence-corrected chi connectivity index (χ1v) is 6.02. The van der Waals surface area contributed by atoms with Crippen LogP contribution in [0.4, 0.5) is 14.5 Å². The highest BCUT2D eigenvalue weighted by molar-refractivity contribution is 5.86. The van der Waals surface area contributed by atoms with Crippen molar-refractivity contribution in [1.82, 2.24) is 0 Å². The number of fused-ring (bicyclic) bond motifs is 1. The van der Waals surface area contributed by atoms with Crippen molar-refractivity contribution in [2.24, 2.45) is 0 Å². The second-order valence-corrected chi connectivity index (χ2v) is 4.23. The molecule has 1 aromatic carbocycles. The molecule has 1 aliphatic rings. The van der Waals surface area contributed by atoms with Gasteiger partial charge in [0.2, 0.25) is 0 Å². The maximum absolute atomic E-state index is 13.3. The van der Waals surface area contributed by atoms with Gasteiger partial charge in [0.15, 0.2) is 0 Å². The number of ether oxygens (including phenoxy) is 2. The van der Waals surface area contributed by atoms with E-state index < -0.39 is 22.9 Å². The smallest absolute Gasteiger partial charge is 0.360 e. The zero-order chi connectivity index (χ0) is 15.6. The monoisotopic (exact) mass is 299 g/mol. The number of halogens is 2. The Labute approximate surface area is 118 Å². The van der Waals surface area contributed by atoms with Crippen LogP contribution >= 0.6 is 0 Å². The van der Waals surface area contributed by atoms with Gasteiger partial charge in [0, 0.05) is 17.7 Å². The molecule has 0 fully saturated rings. The van der Waals surface area contributed by atoms with Gasteiger partial charge in [0.25, 0.3) is 17.7 Å². The van der Waals surface area contributed by atoms with Gasteiger partial charge in [-0.05, 0) is 19.1 Å². The fraction of sp³-hybridized carbons (Fsp3) is 0.308. The third kappa shape index (κ3) is 2.56. The van der Waals surface area contributed by atoms with Gasteiger partial charge in [-0.2, -0.15) is 0 Å². The number of nitro benzene ring substituents is 1. The first kappa shape index (κ1) is 14.9. The van der Waals surface area contributed by atoms with E-state index in [2.05, 4.69) is 4.74 Å². The Hall–Kier alpha value is -2.51. The molecule has 8 heteroatoms. The summed E-state index contributed by atoms with van der Waals surface area (Å²) in [6, 6.07) is 3.46. The predicted molar refractivity (Wildman–Crippen MR) is 68.1 cm³/mol. The van der Waals surface area contributed by atoms with Crippen LogP contribution in [0.3, 0.4) is 0 Å². The second kappa shape index (κ2) is 5.47. The molecule has 1 aliphatic heterocycles. The number of esters is 1. The number of benzene rings is 1. The molecule has 0 aromatic heterocycles. The Kier molecular flexibility index (Phi) is 3.88. The Balaban J connectivity index is 2.42. The summed E-state index contributed by atoms with van der Waals surface area (Å²) in [6.07, 6.45) is -1.09. The fourth-order valence-corrected chi connectivity index (χ4v) is 1.86. The van der Waals surface area contributed by atoms with Crippen LogP contribution in [-0.4, -0.2) is 29.5 Å². The van der Waals surface area contributed by atoms with Gasteiger partial charge in [0.05, 0.1) is 11.5 Å². The van der Waals surface area contributed by atoms with E-state index in [0.29, 0.717) is 0 Å². The summed E-state index contributed by atoms with van der Waals surface area (Å²) in [7, 11) is 0.